The van der Waals surface area contributed by atoms with Crippen molar-refractivity contribution in [3.8, 4) is 17.6 Å². The van der Waals surface area contributed by atoms with Crippen molar-refractivity contribution in [2.24, 2.45) is 5.92 Å². The van der Waals surface area contributed by atoms with Crippen LogP contribution in [0.5, 0.6) is 11.5 Å². The Kier molecular flexibility index (Phi) is 6.91. The largest absolute Gasteiger partial charge is 0.493 e. The molecule has 120 valence electrons. The summed E-state index contributed by atoms with van der Waals surface area (Å²) in [4.78, 5) is 10.9. The minimum absolute atomic E-state index is 0.190. The predicted octanol–water partition coefficient (Wildman–Crippen LogP) is 3.88. The number of nitriles is 1. The van der Waals surface area contributed by atoms with Crippen molar-refractivity contribution >= 4 is 6.29 Å². The number of carbonyl (C=O) groups excluding carboxylic acids is 1. The quantitative estimate of drug-likeness (QED) is 0.650. The van der Waals surface area contributed by atoms with Gasteiger partial charge in [-0.3, -0.25) is 0 Å². The van der Waals surface area contributed by atoms with Crippen molar-refractivity contribution in [2.45, 2.75) is 44.9 Å². The minimum atomic E-state index is -0.677. The molecule has 0 N–H and O–H groups in total. The van der Waals surface area contributed by atoms with Gasteiger partial charge in [-0.2, -0.15) is 5.26 Å². The molecule has 1 aromatic carbocycles. The highest BCUT2D eigenvalue weighted by Gasteiger charge is 2.39. The van der Waals surface area contributed by atoms with Crippen LogP contribution in [0.2, 0.25) is 0 Å². The lowest BCUT2D eigenvalue weighted by Gasteiger charge is -2.34. The Balaban J connectivity index is 3.43. The van der Waals surface area contributed by atoms with Crippen LogP contribution in [-0.2, 0) is 10.2 Å². The maximum absolute atomic E-state index is 10.9. The van der Waals surface area contributed by atoms with Gasteiger partial charge in [-0.1, -0.05) is 32.8 Å². The van der Waals surface area contributed by atoms with Crippen molar-refractivity contribution in [2.75, 3.05) is 14.2 Å². The molecular formula is C18H25NO3. The lowest BCUT2D eigenvalue weighted by atomic mass is 9.66. The van der Waals surface area contributed by atoms with Gasteiger partial charge in [-0.25, -0.2) is 0 Å². The second-order valence-electron chi connectivity index (χ2n) is 5.37. The number of carbonyl (C=O) groups is 1. The molecule has 0 amide bonds. The number of ether oxygens (including phenoxy) is 2. The Morgan fingerprint density at radius 3 is 2.32 bits per heavy atom. The van der Waals surface area contributed by atoms with Gasteiger partial charge in [-0.15, -0.1) is 0 Å². The van der Waals surface area contributed by atoms with E-state index in [4.69, 9.17) is 9.47 Å². The van der Waals surface area contributed by atoms with E-state index in [0.717, 1.165) is 24.7 Å². The summed E-state index contributed by atoms with van der Waals surface area (Å²) >= 11 is 0. The van der Waals surface area contributed by atoms with Gasteiger partial charge >= 0.3 is 0 Å². The average molecular weight is 303 g/mol. The van der Waals surface area contributed by atoms with Gasteiger partial charge in [0.2, 0.25) is 0 Å². The highest BCUT2D eigenvalue weighted by Crippen LogP contribution is 2.42. The zero-order valence-electron chi connectivity index (χ0n) is 13.9. The van der Waals surface area contributed by atoms with Crippen LogP contribution in [-0.4, -0.2) is 20.5 Å². The van der Waals surface area contributed by atoms with Gasteiger partial charge in [-0.05, 0) is 30.0 Å². The van der Waals surface area contributed by atoms with E-state index in [-0.39, 0.29) is 5.92 Å². The molecule has 4 nitrogen and oxygen atoms in total. The fraction of sp³-hybridized carbons (Fsp3) is 0.556. The van der Waals surface area contributed by atoms with Crippen molar-refractivity contribution < 1.29 is 14.3 Å². The minimum Gasteiger partial charge on any atom is -0.493 e. The van der Waals surface area contributed by atoms with Gasteiger partial charge in [0.05, 0.1) is 25.7 Å². The third-order valence-corrected chi connectivity index (χ3v) is 4.44. The molecule has 0 aromatic heterocycles. The molecule has 22 heavy (non-hydrogen) atoms. The van der Waals surface area contributed by atoms with Crippen LogP contribution >= 0.6 is 0 Å². The van der Waals surface area contributed by atoms with Crippen molar-refractivity contribution in [3.63, 3.8) is 0 Å². The Bertz CT molecular complexity index is 532. The molecule has 4 heteroatoms. The number of hydrogen-bond acceptors (Lipinski definition) is 4. The third-order valence-electron chi connectivity index (χ3n) is 4.44. The van der Waals surface area contributed by atoms with E-state index in [2.05, 4.69) is 19.9 Å². The predicted molar refractivity (Wildman–Crippen MR) is 86.2 cm³/mol. The third kappa shape index (κ3) is 3.41. The van der Waals surface area contributed by atoms with E-state index >= 15 is 0 Å². The molecule has 0 saturated carbocycles. The van der Waals surface area contributed by atoms with Gasteiger partial charge in [0.1, 0.15) is 6.29 Å². The van der Waals surface area contributed by atoms with Gasteiger partial charge < -0.3 is 14.3 Å². The first-order chi connectivity index (χ1) is 10.6. The van der Waals surface area contributed by atoms with Crippen molar-refractivity contribution in [3.05, 3.63) is 23.8 Å². The van der Waals surface area contributed by atoms with Crippen LogP contribution < -0.4 is 9.47 Å². The van der Waals surface area contributed by atoms with E-state index in [1.165, 1.54) is 0 Å². The van der Waals surface area contributed by atoms with Gasteiger partial charge in [0.25, 0.3) is 0 Å². The monoisotopic (exact) mass is 303 g/mol. The molecular weight excluding hydrogens is 278 g/mol. The number of nitrogens with zero attached hydrogens (tertiary/aromatic N) is 1. The Morgan fingerprint density at radius 2 is 1.86 bits per heavy atom. The standard InChI is InChI=1S/C18H25NO3/c1-5-14(6-2)18(13-19,10-7-11-20)15-8-9-16(21-3)17(12-15)22-4/h8-9,11-12,14H,5-7,10H2,1-4H3. The summed E-state index contributed by atoms with van der Waals surface area (Å²) in [5.41, 5.74) is 0.215. The molecule has 0 fully saturated rings. The summed E-state index contributed by atoms with van der Waals surface area (Å²) in [7, 11) is 3.17. The molecule has 0 aliphatic carbocycles. The maximum atomic E-state index is 10.9. The van der Waals surface area contributed by atoms with Gasteiger partial charge in [0, 0.05) is 6.42 Å². The fourth-order valence-electron chi connectivity index (χ4n) is 3.18. The van der Waals surface area contributed by atoms with Crippen LogP contribution in [0.3, 0.4) is 0 Å². The summed E-state index contributed by atoms with van der Waals surface area (Å²) in [6.45, 7) is 4.17. The summed E-state index contributed by atoms with van der Waals surface area (Å²) < 4.78 is 10.6. The van der Waals surface area contributed by atoms with Gasteiger partial charge in [0.15, 0.2) is 11.5 Å². The molecule has 1 aromatic rings. The lowest BCUT2D eigenvalue weighted by Crippen LogP contribution is -2.33. The number of benzene rings is 1. The second kappa shape index (κ2) is 8.43. The lowest BCUT2D eigenvalue weighted by molar-refractivity contribution is -0.108. The maximum Gasteiger partial charge on any atom is 0.161 e. The van der Waals surface area contributed by atoms with Crippen LogP contribution in [0.15, 0.2) is 18.2 Å². The Labute approximate surface area is 133 Å². The molecule has 1 rings (SSSR count). The molecule has 0 spiro atoms. The first-order valence-electron chi connectivity index (χ1n) is 7.70. The normalized spacial score (nSPS) is 13.3. The highest BCUT2D eigenvalue weighted by atomic mass is 16.5. The number of hydrogen-bond donors (Lipinski definition) is 0. The second-order valence-corrected chi connectivity index (χ2v) is 5.37. The SMILES string of the molecule is CCC(CC)C(C#N)(CCC=O)c1ccc(OC)c(OC)c1. The van der Waals surface area contributed by atoms with Crippen molar-refractivity contribution in [1.82, 2.24) is 0 Å². The molecule has 0 bridgehead atoms. The summed E-state index contributed by atoms with van der Waals surface area (Å²) in [5, 5.41) is 9.94. The topological polar surface area (TPSA) is 59.3 Å². The Morgan fingerprint density at radius 1 is 1.23 bits per heavy atom. The summed E-state index contributed by atoms with van der Waals surface area (Å²) in [5.74, 6) is 1.44. The zero-order chi connectivity index (χ0) is 16.6. The number of rotatable bonds is 9. The highest BCUT2D eigenvalue weighted by molar-refractivity contribution is 5.52. The first-order valence-corrected chi connectivity index (χ1v) is 7.70. The fourth-order valence-corrected chi connectivity index (χ4v) is 3.18. The molecule has 0 aliphatic heterocycles. The first kappa shape index (κ1) is 18.0. The molecule has 0 aliphatic rings. The van der Waals surface area contributed by atoms with Crippen LogP contribution in [0.4, 0.5) is 0 Å². The van der Waals surface area contributed by atoms with E-state index in [0.29, 0.717) is 24.3 Å². The smallest absolute Gasteiger partial charge is 0.161 e. The van der Waals surface area contributed by atoms with Crippen LogP contribution in [0, 0.1) is 17.2 Å². The van der Waals surface area contributed by atoms with E-state index in [1.807, 2.05) is 18.2 Å². The number of methoxy groups -OCH3 is 2. The van der Waals surface area contributed by atoms with Crippen molar-refractivity contribution in [1.29, 1.82) is 5.26 Å². The number of aldehydes is 1. The van der Waals surface area contributed by atoms with E-state index < -0.39 is 5.41 Å². The van der Waals surface area contributed by atoms with E-state index in [9.17, 15) is 10.1 Å². The van der Waals surface area contributed by atoms with E-state index in [1.54, 1.807) is 14.2 Å². The summed E-state index contributed by atoms with van der Waals surface area (Å²) in [6.07, 6.45) is 3.55. The Hall–Kier alpha value is -2.02. The summed E-state index contributed by atoms with van der Waals surface area (Å²) in [6, 6.07) is 8.10. The van der Waals surface area contributed by atoms with Crippen LogP contribution in [0.25, 0.3) is 0 Å². The van der Waals surface area contributed by atoms with Crippen LogP contribution in [0.1, 0.15) is 45.1 Å². The molecule has 0 heterocycles. The molecule has 0 radical (unpaired) electrons. The molecule has 1 unspecified atom stereocenters. The average Bonchev–Trinajstić information content (AvgIpc) is 2.58. The molecule has 0 saturated heterocycles. The molecule has 1 atom stereocenters. The zero-order valence-corrected chi connectivity index (χ0v) is 13.9.